The zero-order valence-corrected chi connectivity index (χ0v) is 12.6. The average molecular weight is 289 g/mol. The summed E-state index contributed by atoms with van der Waals surface area (Å²) in [5.41, 5.74) is 6.72. The number of ketones is 1. The number of rotatable bonds is 3. The number of nitrogens with zero attached hydrogens (tertiary/aromatic N) is 2. The van der Waals surface area contributed by atoms with E-state index in [0.29, 0.717) is 22.3 Å². The monoisotopic (exact) mass is 289 g/mol. The number of fused-ring (bicyclic) bond motifs is 1. The van der Waals surface area contributed by atoms with Crippen LogP contribution in [0.25, 0.3) is 10.9 Å². The Kier molecular flexibility index (Phi) is 3.72. The fourth-order valence-corrected chi connectivity index (χ4v) is 2.07. The number of ether oxygens (including phenoxy) is 1. The molecule has 0 aliphatic rings. The van der Waals surface area contributed by atoms with Crippen molar-refractivity contribution in [3.8, 4) is 0 Å². The van der Waals surface area contributed by atoms with Crippen LogP contribution in [0.4, 0.5) is 5.69 Å². The highest BCUT2D eigenvalue weighted by molar-refractivity contribution is 6.05. The molecule has 6 nitrogen and oxygen atoms in total. The predicted octanol–water partition coefficient (Wildman–Crippen LogP) is 2.16. The SMILES string of the molecule is CC(=O)c1nn(CC(=O)OC(C)(C)C)c2ccc(N)cc12. The Bertz CT molecular complexity index is 711. The van der Waals surface area contributed by atoms with Gasteiger partial charge in [0.15, 0.2) is 5.78 Å². The van der Waals surface area contributed by atoms with E-state index in [-0.39, 0.29) is 12.3 Å². The lowest BCUT2D eigenvalue weighted by Gasteiger charge is -2.19. The van der Waals surface area contributed by atoms with E-state index in [9.17, 15) is 9.59 Å². The van der Waals surface area contributed by atoms with Crippen molar-refractivity contribution in [2.75, 3.05) is 5.73 Å². The molecule has 21 heavy (non-hydrogen) atoms. The minimum absolute atomic E-state index is 0.0506. The second-order valence-electron chi connectivity index (χ2n) is 5.93. The zero-order chi connectivity index (χ0) is 15.8. The molecule has 0 fully saturated rings. The van der Waals surface area contributed by atoms with Gasteiger partial charge in [-0.3, -0.25) is 14.3 Å². The first-order chi connectivity index (χ1) is 9.67. The number of hydrogen-bond acceptors (Lipinski definition) is 5. The molecule has 1 aromatic carbocycles. The van der Waals surface area contributed by atoms with E-state index in [2.05, 4.69) is 5.10 Å². The van der Waals surface area contributed by atoms with Crippen molar-refractivity contribution >= 4 is 28.3 Å². The maximum Gasteiger partial charge on any atom is 0.328 e. The molecule has 0 aliphatic carbocycles. The highest BCUT2D eigenvalue weighted by atomic mass is 16.6. The minimum atomic E-state index is -0.562. The molecule has 2 aromatic rings. The quantitative estimate of drug-likeness (QED) is 0.531. The first-order valence-electron chi connectivity index (χ1n) is 6.66. The molecule has 1 heterocycles. The summed E-state index contributed by atoms with van der Waals surface area (Å²) in [6, 6.07) is 5.14. The molecule has 6 heteroatoms. The van der Waals surface area contributed by atoms with E-state index in [1.54, 1.807) is 39.0 Å². The molecular weight excluding hydrogens is 270 g/mol. The van der Waals surface area contributed by atoms with Crippen LogP contribution < -0.4 is 5.73 Å². The van der Waals surface area contributed by atoms with Gasteiger partial charge in [0.05, 0.1) is 5.52 Å². The van der Waals surface area contributed by atoms with Gasteiger partial charge in [-0.2, -0.15) is 5.10 Å². The van der Waals surface area contributed by atoms with Crippen molar-refractivity contribution in [3.05, 3.63) is 23.9 Å². The zero-order valence-electron chi connectivity index (χ0n) is 12.6. The first kappa shape index (κ1) is 15.0. The van der Waals surface area contributed by atoms with Crippen LogP contribution in [0.2, 0.25) is 0 Å². The molecule has 0 radical (unpaired) electrons. The van der Waals surface area contributed by atoms with Gasteiger partial charge < -0.3 is 10.5 Å². The third-order valence-corrected chi connectivity index (χ3v) is 2.81. The van der Waals surface area contributed by atoms with E-state index in [4.69, 9.17) is 10.5 Å². The van der Waals surface area contributed by atoms with E-state index < -0.39 is 11.6 Å². The molecule has 0 saturated carbocycles. The Hall–Kier alpha value is -2.37. The molecule has 0 saturated heterocycles. The standard InChI is InChI=1S/C15H19N3O3/c1-9(19)14-11-7-10(16)5-6-12(11)18(17-14)8-13(20)21-15(2,3)4/h5-7H,8,16H2,1-4H3. The Balaban J connectivity index is 2.41. The van der Waals surface area contributed by atoms with Crippen molar-refractivity contribution in [2.45, 2.75) is 39.8 Å². The van der Waals surface area contributed by atoms with Crippen molar-refractivity contribution in [2.24, 2.45) is 0 Å². The fraction of sp³-hybridized carbons (Fsp3) is 0.400. The van der Waals surface area contributed by atoms with Gasteiger partial charge in [-0.15, -0.1) is 0 Å². The van der Waals surface area contributed by atoms with Gasteiger partial charge in [-0.25, -0.2) is 0 Å². The van der Waals surface area contributed by atoms with Crippen LogP contribution in [0.5, 0.6) is 0 Å². The summed E-state index contributed by atoms with van der Waals surface area (Å²) in [6.45, 7) is 6.78. The Labute approximate surface area is 122 Å². The number of nitrogens with two attached hydrogens (primary N) is 1. The summed E-state index contributed by atoms with van der Waals surface area (Å²) in [7, 11) is 0. The Morgan fingerprint density at radius 3 is 2.57 bits per heavy atom. The molecule has 0 unspecified atom stereocenters. The second-order valence-corrected chi connectivity index (χ2v) is 5.93. The normalized spacial score (nSPS) is 11.6. The molecule has 0 bridgehead atoms. The molecule has 2 rings (SSSR count). The van der Waals surface area contributed by atoms with Crippen LogP contribution in [-0.4, -0.2) is 27.1 Å². The smallest absolute Gasteiger partial charge is 0.328 e. The van der Waals surface area contributed by atoms with Crippen LogP contribution in [0.3, 0.4) is 0 Å². The summed E-state index contributed by atoms with van der Waals surface area (Å²) in [4.78, 5) is 23.6. The number of Topliss-reactive ketones (excluding diaryl/α,β-unsaturated/α-hetero) is 1. The van der Waals surface area contributed by atoms with Gasteiger partial charge in [-0.1, -0.05) is 0 Å². The van der Waals surface area contributed by atoms with E-state index in [1.807, 2.05) is 0 Å². The predicted molar refractivity (Wildman–Crippen MR) is 80.0 cm³/mol. The number of anilines is 1. The summed E-state index contributed by atoms with van der Waals surface area (Å²) < 4.78 is 6.75. The maximum absolute atomic E-state index is 11.9. The largest absolute Gasteiger partial charge is 0.459 e. The van der Waals surface area contributed by atoms with Crippen LogP contribution >= 0.6 is 0 Å². The molecule has 0 atom stereocenters. The van der Waals surface area contributed by atoms with E-state index >= 15 is 0 Å². The minimum Gasteiger partial charge on any atom is -0.459 e. The summed E-state index contributed by atoms with van der Waals surface area (Å²) in [6.07, 6.45) is 0. The summed E-state index contributed by atoms with van der Waals surface area (Å²) in [5, 5.41) is 4.86. The van der Waals surface area contributed by atoms with Crippen molar-refractivity contribution < 1.29 is 14.3 Å². The van der Waals surface area contributed by atoms with Crippen molar-refractivity contribution in [1.82, 2.24) is 9.78 Å². The molecule has 1 aromatic heterocycles. The second kappa shape index (κ2) is 5.20. The van der Waals surface area contributed by atoms with Gasteiger partial charge in [0.25, 0.3) is 0 Å². The third-order valence-electron chi connectivity index (χ3n) is 2.81. The van der Waals surface area contributed by atoms with Crippen molar-refractivity contribution in [1.29, 1.82) is 0 Å². The molecular formula is C15H19N3O3. The number of carbonyl (C=O) groups excluding carboxylic acids is 2. The van der Waals surface area contributed by atoms with Crippen molar-refractivity contribution in [3.63, 3.8) is 0 Å². The summed E-state index contributed by atoms with van der Waals surface area (Å²) in [5.74, 6) is -0.577. The fourth-order valence-electron chi connectivity index (χ4n) is 2.07. The molecule has 0 amide bonds. The van der Waals surface area contributed by atoms with Crippen LogP contribution in [-0.2, 0) is 16.1 Å². The maximum atomic E-state index is 11.9. The summed E-state index contributed by atoms with van der Waals surface area (Å²) >= 11 is 0. The third kappa shape index (κ3) is 3.39. The van der Waals surface area contributed by atoms with Gasteiger partial charge in [0.2, 0.25) is 0 Å². The number of benzene rings is 1. The lowest BCUT2D eigenvalue weighted by atomic mass is 10.1. The highest BCUT2D eigenvalue weighted by Gasteiger charge is 2.20. The lowest BCUT2D eigenvalue weighted by molar-refractivity contribution is -0.155. The first-order valence-corrected chi connectivity index (χ1v) is 6.66. The van der Waals surface area contributed by atoms with E-state index in [0.717, 1.165) is 0 Å². The highest BCUT2D eigenvalue weighted by Crippen LogP contribution is 2.22. The molecule has 0 spiro atoms. The van der Waals surface area contributed by atoms with Gasteiger partial charge >= 0.3 is 5.97 Å². The van der Waals surface area contributed by atoms with Gasteiger partial charge in [0, 0.05) is 18.0 Å². The van der Waals surface area contributed by atoms with Crippen LogP contribution in [0, 0.1) is 0 Å². The number of nitrogen functional groups attached to an aromatic ring is 1. The molecule has 2 N–H and O–H groups in total. The van der Waals surface area contributed by atoms with Gasteiger partial charge in [0.1, 0.15) is 17.8 Å². The Morgan fingerprint density at radius 1 is 1.33 bits per heavy atom. The topological polar surface area (TPSA) is 87.2 Å². The molecule has 112 valence electrons. The van der Waals surface area contributed by atoms with Crippen LogP contribution in [0.1, 0.15) is 38.2 Å². The average Bonchev–Trinajstić information content (AvgIpc) is 2.64. The number of esters is 1. The van der Waals surface area contributed by atoms with Crippen LogP contribution in [0.15, 0.2) is 18.2 Å². The number of hydrogen-bond donors (Lipinski definition) is 1. The molecule has 0 aliphatic heterocycles. The van der Waals surface area contributed by atoms with Gasteiger partial charge in [-0.05, 0) is 39.0 Å². The Morgan fingerprint density at radius 2 is 2.00 bits per heavy atom. The number of carbonyl (C=O) groups is 2. The lowest BCUT2D eigenvalue weighted by Crippen LogP contribution is -2.26. The number of aromatic nitrogens is 2. The van der Waals surface area contributed by atoms with E-state index in [1.165, 1.54) is 11.6 Å².